The van der Waals surface area contributed by atoms with Crippen LogP contribution in [0.3, 0.4) is 0 Å². The molecule has 0 bridgehead atoms. The number of fused-ring (bicyclic) bond motifs is 1. The lowest BCUT2D eigenvalue weighted by molar-refractivity contribution is 0.443. The fraction of sp³-hybridized carbons (Fsp3) is 0.467. The fourth-order valence-electron chi connectivity index (χ4n) is 2.37. The number of nitrogens with two attached hydrogens (primary N) is 1. The molecule has 2 aromatic rings. The van der Waals surface area contributed by atoms with Crippen molar-refractivity contribution in [2.24, 2.45) is 11.7 Å². The van der Waals surface area contributed by atoms with Gasteiger partial charge in [-0.1, -0.05) is 32.8 Å². The summed E-state index contributed by atoms with van der Waals surface area (Å²) in [6.45, 7) is 4.45. The van der Waals surface area contributed by atoms with E-state index in [1.54, 1.807) is 17.4 Å². The van der Waals surface area contributed by atoms with Crippen molar-refractivity contribution in [1.82, 2.24) is 0 Å². The maximum absolute atomic E-state index is 13.1. The molecule has 1 aromatic carbocycles. The standard InChI is InChI=1S/C15H20FNS/c1-3-4-10(2)7-13(17)15-8-11-5-6-12(16)9-14(11)18-15/h5-6,8-10,13H,3-4,7,17H2,1-2H3. The van der Waals surface area contributed by atoms with Crippen LogP contribution in [0, 0.1) is 11.7 Å². The van der Waals surface area contributed by atoms with Crippen molar-refractivity contribution < 1.29 is 4.39 Å². The number of rotatable bonds is 5. The van der Waals surface area contributed by atoms with Gasteiger partial charge in [0.2, 0.25) is 0 Å². The van der Waals surface area contributed by atoms with Crippen molar-refractivity contribution in [3.05, 3.63) is 35.0 Å². The predicted molar refractivity (Wildman–Crippen MR) is 77.4 cm³/mol. The molecule has 0 saturated carbocycles. The molecule has 2 rings (SSSR count). The molecule has 98 valence electrons. The van der Waals surface area contributed by atoms with Gasteiger partial charge in [0.15, 0.2) is 0 Å². The van der Waals surface area contributed by atoms with Crippen LogP contribution in [0.1, 0.15) is 44.0 Å². The van der Waals surface area contributed by atoms with E-state index in [1.807, 2.05) is 6.07 Å². The van der Waals surface area contributed by atoms with Gasteiger partial charge >= 0.3 is 0 Å². The number of halogens is 1. The quantitative estimate of drug-likeness (QED) is 0.820. The molecular formula is C15H20FNS. The summed E-state index contributed by atoms with van der Waals surface area (Å²) in [6.07, 6.45) is 3.42. The predicted octanol–water partition coefficient (Wildman–Crippen LogP) is 4.87. The Morgan fingerprint density at radius 1 is 1.33 bits per heavy atom. The average molecular weight is 265 g/mol. The molecule has 18 heavy (non-hydrogen) atoms. The molecule has 1 heterocycles. The smallest absolute Gasteiger partial charge is 0.124 e. The molecule has 0 aliphatic heterocycles. The number of hydrogen-bond acceptors (Lipinski definition) is 2. The molecule has 0 radical (unpaired) electrons. The minimum Gasteiger partial charge on any atom is -0.323 e. The highest BCUT2D eigenvalue weighted by molar-refractivity contribution is 7.19. The summed E-state index contributed by atoms with van der Waals surface area (Å²) >= 11 is 1.61. The zero-order chi connectivity index (χ0) is 13.1. The first-order valence-electron chi connectivity index (χ1n) is 6.54. The molecule has 1 aromatic heterocycles. The lowest BCUT2D eigenvalue weighted by Crippen LogP contribution is -2.12. The van der Waals surface area contributed by atoms with Crippen molar-refractivity contribution in [2.45, 2.75) is 39.2 Å². The van der Waals surface area contributed by atoms with Gasteiger partial charge in [-0.05, 0) is 35.9 Å². The van der Waals surface area contributed by atoms with Gasteiger partial charge in [0.25, 0.3) is 0 Å². The zero-order valence-corrected chi connectivity index (χ0v) is 11.8. The van der Waals surface area contributed by atoms with Crippen LogP contribution in [-0.4, -0.2) is 0 Å². The minimum atomic E-state index is -0.177. The molecule has 2 atom stereocenters. The Labute approximate surface area is 112 Å². The van der Waals surface area contributed by atoms with E-state index in [-0.39, 0.29) is 11.9 Å². The monoisotopic (exact) mass is 265 g/mol. The first kappa shape index (κ1) is 13.5. The summed E-state index contributed by atoms with van der Waals surface area (Å²) in [6, 6.07) is 7.10. The van der Waals surface area contributed by atoms with E-state index in [9.17, 15) is 4.39 Å². The third-order valence-electron chi connectivity index (χ3n) is 3.30. The van der Waals surface area contributed by atoms with Gasteiger partial charge in [0.05, 0.1) is 0 Å². The van der Waals surface area contributed by atoms with Gasteiger partial charge in [0.1, 0.15) is 5.82 Å². The van der Waals surface area contributed by atoms with Crippen LogP contribution < -0.4 is 5.73 Å². The van der Waals surface area contributed by atoms with E-state index in [2.05, 4.69) is 19.9 Å². The summed E-state index contributed by atoms with van der Waals surface area (Å²) < 4.78 is 14.1. The van der Waals surface area contributed by atoms with E-state index < -0.39 is 0 Å². The summed E-state index contributed by atoms with van der Waals surface area (Å²) in [7, 11) is 0. The molecular weight excluding hydrogens is 245 g/mol. The highest BCUT2D eigenvalue weighted by Crippen LogP contribution is 2.32. The summed E-state index contributed by atoms with van der Waals surface area (Å²) in [5, 5.41) is 1.09. The molecule has 0 amide bonds. The number of benzene rings is 1. The Hall–Kier alpha value is -0.930. The van der Waals surface area contributed by atoms with Crippen LogP contribution in [0.2, 0.25) is 0 Å². The second-order valence-electron chi connectivity index (χ2n) is 5.07. The Kier molecular flexibility index (Phi) is 4.36. The van der Waals surface area contributed by atoms with E-state index in [0.717, 1.165) is 16.5 Å². The summed E-state index contributed by atoms with van der Waals surface area (Å²) in [4.78, 5) is 1.17. The normalized spacial score (nSPS) is 14.9. The van der Waals surface area contributed by atoms with Gasteiger partial charge in [0, 0.05) is 15.6 Å². The molecule has 0 saturated heterocycles. The topological polar surface area (TPSA) is 26.0 Å². The third-order valence-corrected chi connectivity index (χ3v) is 4.53. The summed E-state index contributed by atoms with van der Waals surface area (Å²) in [5.74, 6) is 0.468. The molecule has 0 spiro atoms. The molecule has 0 aliphatic rings. The minimum absolute atomic E-state index is 0.0759. The molecule has 2 unspecified atom stereocenters. The maximum Gasteiger partial charge on any atom is 0.124 e. The highest BCUT2D eigenvalue weighted by Gasteiger charge is 2.13. The van der Waals surface area contributed by atoms with Crippen molar-refractivity contribution >= 4 is 21.4 Å². The number of hydrogen-bond donors (Lipinski definition) is 1. The van der Waals surface area contributed by atoms with Gasteiger partial charge in [-0.15, -0.1) is 11.3 Å². The van der Waals surface area contributed by atoms with Gasteiger partial charge in [-0.2, -0.15) is 0 Å². The number of thiophene rings is 1. The molecule has 2 N–H and O–H groups in total. The molecule has 1 nitrogen and oxygen atoms in total. The molecule has 0 aliphatic carbocycles. The second-order valence-corrected chi connectivity index (χ2v) is 6.18. The SMILES string of the molecule is CCCC(C)CC(N)c1cc2ccc(F)cc2s1. The largest absolute Gasteiger partial charge is 0.323 e. The lowest BCUT2D eigenvalue weighted by atomic mass is 9.97. The third kappa shape index (κ3) is 3.09. The van der Waals surface area contributed by atoms with Gasteiger partial charge in [-0.25, -0.2) is 4.39 Å². The van der Waals surface area contributed by atoms with Crippen LogP contribution >= 0.6 is 11.3 Å². The average Bonchev–Trinajstić information content (AvgIpc) is 2.72. The second kappa shape index (κ2) is 5.81. The van der Waals surface area contributed by atoms with Crippen LogP contribution in [-0.2, 0) is 0 Å². The van der Waals surface area contributed by atoms with Crippen molar-refractivity contribution in [1.29, 1.82) is 0 Å². The molecule has 0 fully saturated rings. The summed E-state index contributed by atoms with van der Waals surface area (Å²) in [5.41, 5.74) is 6.24. The Bertz CT molecular complexity index is 520. The molecule has 3 heteroatoms. The van der Waals surface area contributed by atoms with Crippen molar-refractivity contribution in [3.8, 4) is 0 Å². The first-order valence-corrected chi connectivity index (χ1v) is 7.36. The van der Waals surface area contributed by atoms with Gasteiger partial charge in [-0.3, -0.25) is 0 Å². The Morgan fingerprint density at radius 2 is 2.11 bits per heavy atom. The van der Waals surface area contributed by atoms with Crippen LogP contribution in [0.4, 0.5) is 4.39 Å². The maximum atomic E-state index is 13.1. The van der Waals surface area contributed by atoms with E-state index >= 15 is 0 Å². The lowest BCUT2D eigenvalue weighted by Gasteiger charge is -2.15. The van der Waals surface area contributed by atoms with Crippen LogP contribution in [0.15, 0.2) is 24.3 Å². The first-order chi connectivity index (χ1) is 8.60. The van der Waals surface area contributed by atoms with Gasteiger partial charge < -0.3 is 5.73 Å². The van der Waals surface area contributed by atoms with E-state index in [0.29, 0.717) is 5.92 Å². The van der Waals surface area contributed by atoms with Crippen LogP contribution in [0.5, 0.6) is 0 Å². The van der Waals surface area contributed by atoms with Crippen molar-refractivity contribution in [3.63, 3.8) is 0 Å². The highest BCUT2D eigenvalue weighted by atomic mass is 32.1. The van der Waals surface area contributed by atoms with Crippen LogP contribution in [0.25, 0.3) is 10.1 Å². The Balaban J connectivity index is 2.15. The van der Waals surface area contributed by atoms with E-state index in [4.69, 9.17) is 5.73 Å². The van der Waals surface area contributed by atoms with Crippen molar-refractivity contribution in [2.75, 3.05) is 0 Å². The zero-order valence-electron chi connectivity index (χ0n) is 10.9. The fourth-order valence-corrected chi connectivity index (χ4v) is 3.47. The Morgan fingerprint density at radius 3 is 2.83 bits per heavy atom. The van der Waals surface area contributed by atoms with E-state index in [1.165, 1.54) is 23.8 Å².